The van der Waals surface area contributed by atoms with E-state index < -0.39 is 52.6 Å². The Balaban J connectivity index is 1.42. The van der Waals surface area contributed by atoms with Crippen LogP contribution in [0.5, 0.6) is 11.5 Å². The normalized spacial score (nSPS) is 20.9. The minimum atomic E-state index is -4.26. The van der Waals surface area contributed by atoms with Crippen LogP contribution in [-0.4, -0.2) is 117 Å². The summed E-state index contributed by atoms with van der Waals surface area (Å²) in [5.74, 6) is 0.468. The molecule has 2 aromatic rings. The van der Waals surface area contributed by atoms with E-state index in [-0.39, 0.29) is 43.2 Å². The minimum Gasteiger partial charge on any atom is -0.530 e. The number of benzene rings is 2. The molecule has 3 aliphatic heterocycles. The van der Waals surface area contributed by atoms with E-state index in [4.69, 9.17) is 18.9 Å². The van der Waals surface area contributed by atoms with Crippen molar-refractivity contribution in [3.8, 4) is 11.5 Å². The molecule has 282 valence electrons. The van der Waals surface area contributed by atoms with Crippen molar-refractivity contribution < 1.29 is 47.2 Å². The highest BCUT2D eigenvalue weighted by molar-refractivity contribution is 7.89. The fourth-order valence-corrected chi connectivity index (χ4v) is 8.89. The lowest BCUT2D eigenvalue weighted by molar-refractivity contribution is -0.273. The van der Waals surface area contributed by atoms with Crippen LogP contribution < -0.4 is 19.9 Å². The first-order valence-electron chi connectivity index (χ1n) is 17.7. The van der Waals surface area contributed by atoms with Gasteiger partial charge in [0.25, 0.3) is 0 Å². The first-order chi connectivity index (χ1) is 24.3. The molecule has 3 amide bonds. The Morgan fingerprint density at radius 3 is 2.49 bits per heavy atom. The van der Waals surface area contributed by atoms with Crippen molar-refractivity contribution >= 4 is 22.1 Å². The number of hydrogen-bond acceptors (Lipinski definition) is 10. The van der Waals surface area contributed by atoms with Crippen LogP contribution in [0.15, 0.2) is 53.4 Å². The third kappa shape index (κ3) is 9.24. The SMILES string of the molecule is CCN(CC)C(=O)NCCCC(C)(C)CN(C[C@@H](O)[C@H](Cc1ccccc1)N(C(=O)[O-])[C@H]1CO[C@H]2OCC[C@H]21)S(=O)(=O)c1ccc2c(c1)OCO2. The van der Waals surface area contributed by atoms with Gasteiger partial charge in [0.15, 0.2) is 17.8 Å². The van der Waals surface area contributed by atoms with Gasteiger partial charge in [-0.15, -0.1) is 0 Å². The van der Waals surface area contributed by atoms with E-state index in [0.717, 1.165) is 10.5 Å². The fourth-order valence-electron chi connectivity index (χ4n) is 7.23. The molecule has 0 bridgehead atoms. The molecule has 5 atom stereocenters. The Labute approximate surface area is 300 Å². The van der Waals surface area contributed by atoms with Gasteiger partial charge >= 0.3 is 6.03 Å². The fraction of sp³-hybridized carbons (Fsp3) is 0.611. The predicted molar refractivity (Wildman–Crippen MR) is 185 cm³/mol. The highest BCUT2D eigenvalue weighted by Gasteiger charge is 2.47. The van der Waals surface area contributed by atoms with Gasteiger partial charge in [0, 0.05) is 44.7 Å². The molecule has 0 aromatic heterocycles. The largest absolute Gasteiger partial charge is 0.530 e. The molecular formula is C36H51N4O10S-. The molecule has 0 radical (unpaired) electrons. The average Bonchev–Trinajstić information content (AvgIpc) is 3.85. The lowest BCUT2D eigenvalue weighted by Gasteiger charge is -2.43. The first kappa shape index (κ1) is 38.6. The Hall–Kier alpha value is -3.63. The summed E-state index contributed by atoms with van der Waals surface area (Å²) < 4.78 is 52.5. The second kappa shape index (κ2) is 16.8. The van der Waals surface area contributed by atoms with Gasteiger partial charge in [-0.1, -0.05) is 44.2 Å². The van der Waals surface area contributed by atoms with E-state index in [0.29, 0.717) is 57.0 Å². The number of carbonyl (C=O) groups is 2. The number of sulfonamides is 1. The molecule has 3 aliphatic rings. The highest BCUT2D eigenvalue weighted by Crippen LogP contribution is 2.38. The molecule has 0 aliphatic carbocycles. The van der Waals surface area contributed by atoms with Crippen LogP contribution in [0.25, 0.3) is 0 Å². The van der Waals surface area contributed by atoms with Gasteiger partial charge in [-0.25, -0.2) is 13.2 Å². The van der Waals surface area contributed by atoms with Crippen LogP contribution in [0.2, 0.25) is 0 Å². The summed E-state index contributed by atoms with van der Waals surface area (Å²) in [6.07, 6.45) is -1.66. The standard InChI is InChI=1S/C36H52N4O10S/c1-5-38(6-2)34(42)37-17-10-16-36(3,4)23-39(51(45,46)26-13-14-31-32(20-26)50-24-49-31)21-30(41)28(19-25-11-8-7-9-12-25)40(35(43)44)29-22-48-33-27(29)15-18-47-33/h7-9,11-14,20,27-30,33,41H,5-6,10,15-19,21-24H2,1-4H3,(H,37,42)(H,43,44)/p-1/t27-,28-,29-,30+,33+/m0/s1. The molecule has 2 saturated heterocycles. The van der Waals surface area contributed by atoms with E-state index in [9.17, 15) is 28.2 Å². The number of nitrogens with zero attached hydrogens (tertiary/aromatic N) is 3. The minimum absolute atomic E-state index is 0.000710. The maximum Gasteiger partial charge on any atom is 0.317 e. The number of rotatable bonds is 17. The number of aliphatic hydroxyl groups excluding tert-OH is 1. The van der Waals surface area contributed by atoms with Crippen molar-refractivity contribution in [2.24, 2.45) is 11.3 Å². The van der Waals surface area contributed by atoms with Crippen LogP contribution in [0.4, 0.5) is 9.59 Å². The summed E-state index contributed by atoms with van der Waals surface area (Å²) in [4.78, 5) is 28.2. The summed E-state index contributed by atoms with van der Waals surface area (Å²) in [7, 11) is -4.26. The Morgan fingerprint density at radius 2 is 1.78 bits per heavy atom. The average molecular weight is 732 g/mol. The molecule has 2 N–H and O–H groups in total. The summed E-state index contributed by atoms with van der Waals surface area (Å²) in [6.45, 7) is 9.32. The van der Waals surface area contributed by atoms with Crippen molar-refractivity contribution in [3.63, 3.8) is 0 Å². The molecule has 5 rings (SSSR count). The summed E-state index contributed by atoms with van der Waals surface area (Å²) in [5.41, 5.74) is 0.155. The van der Waals surface area contributed by atoms with Crippen LogP contribution in [-0.2, 0) is 25.9 Å². The number of carbonyl (C=O) groups excluding carboxylic acids is 2. The zero-order chi connectivity index (χ0) is 36.8. The molecule has 51 heavy (non-hydrogen) atoms. The molecule has 0 saturated carbocycles. The smallest absolute Gasteiger partial charge is 0.317 e. The molecule has 0 unspecified atom stereocenters. The number of nitrogens with one attached hydrogen (secondary N) is 1. The highest BCUT2D eigenvalue weighted by atomic mass is 32.2. The molecular weight excluding hydrogens is 680 g/mol. The maximum atomic E-state index is 14.5. The van der Waals surface area contributed by atoms with Crippen molar-refractivity contribution in [2.75, 3.05) is 52.7 Å². The zero-order valence-corrected chi connectivity index (χ0v) is 30.7. The quantitative estimate of drug-likeness (QED) is 0.231. The van der Waals surface area contributed by atoms with Crippen molar-refractivity contribution in [1.29, 1.82) is 0 Å². The Kier molecular flexibility index (Phi) is 12.7. The summed E-state index contributed by atoms with van der Waals surface area (Å²) in [5, 5.41) is 28.0. The number of carboxylic acid groups (broad SMARTS) is 1. The molecule has 3 heterocycles. The second-order valence-corrected chi connectivity index (χ2v) is 16.0. The number of ether oxygens (including phenoxy) is 4. The van der Waals surface area contributed by atoms with Crippen LogP contribution in [0, 0.1) is 11.3 Å². The van der Waals surface area contributed by atoms with Crippen molar-refractivity contribution in [1.82, 2.24) is 19.4 Å². The van der Waals surface area contributed by atoms with E-state index >= 15 is 0 Å². The lowest BCUT2D eigenvalue weighted by Crippen LogP contribution is -2.61. The maximum absolute atomic E-state index is 14.5. The second-order valence-electron chi connectivity index (χ2n) is 14.1. The van der Waals surface area contributed by atoms with Gasteiger partial charge in [-0.3, -0.25) is 0 Å². The van der Waals surface area contributed by atoms with Gasteiger partial charge in [0.2, 0.25) is 16.8 Å². The number of urea groups is 1. The zero-order valence-electron chi connectivity index (χ0n) is 29.9. The third-order valence-electron chi connectivity index (χ3n) is 10.00. The number of amides is 3. The predicted octanol–water partition coefficient (Wildman–Crippen LogP) is 2.64. The number of fused-ring (bicyclic) bond motifs is 2. The Bertz CT molecular complexity index is 1590. The van der Waals surface area contributed by atoms with E-state index in [1.54, 1.807) is 4.90 Å². The number of hydrogen-bond donors (Lipinski definition) is 2. The van der Waals surface area contributed by atoms with Gasteiger partial charge in [-0.05, 0) is 62.6 Å². The van der Waals surface area contributed by atoms with E-state index in [1.165, 1.54) is 22.5 Å². The summed E-state index contributed by atoms with van der Waals surface area (Å²) >= 11 is 0. The third-order valence-corrected chi connectivity index (χ3v) is 11.8. The Morgan fingerprint density at radius 1 is 1.06 bits per heavy atom. The van der Waals surface area contributed by atoms with E-state index in [2.05, 4.69) is 5.32 Å². The van der Waals surface area contributed by atoms with Gasteiger partial charge in [0.1, 0.15) is 6.09 Å². The van der Waals surface area contributed by atoms with Crippen LogP contribution in [0.1, 0.15) is 52.5 Å². The molecule has 15 heteroatoms. The molecule has 14 nitrogen and oxygen atoms in total. The van der Waals surface area contributed by atoms with Gasteiger partial charge < -0.3 is 49.1 Å². The molecule has 0 spiro atoms. The lowest BCUT2D eigenvalue weighted by atomic mass is 9.87. The van der Waals surface area contributed by atoms with Crippen LogP contribution >= 0.6 is 0 Å². The van der Waals surface area contributed by atoms with E-state index in [1.807, 2.05) is 58.0 Å². The van der Waals surface area contributed by atoms with Crippen LogP contribution in [0.3, 0.4) is 0 Å². The number of aliphatic hydroxyl groups is 1. The van der Waals surface area contributed by atoms with Gasteiger partial charge in [-0.2, -0.15) is 4.31 Å². The monoisotopic (exact) mass is 731 g/mol. The molecule has 2 fully saturated rings. The summed E-state index contributed by atoms with van der Waals surface area (Å²) in [6, 6.07) is 11.7. The topological polar surface area (TPSA) is 170 Å². The molecule has 2 aromatic carbocycles. The first-order valence-corrected chi connectivity index (χ1v) is 19.2. The van der Waals surface area contributed by atoms with Gasteiger partial charge in [0.05, 0.1) is 36.3 Å². The van der Waals surface area contributed by atoms with Crippen molar-refractivity contribution in [2.45, 2.75) is 82.8 Å². The van der Waals surface area contributed by atoms with Crippen molar-refractivity contribution in [3.05, 3.63) is 54.1 Å².